The number of nitrogens with zero attached hydrogens (tertiary/aromatic N) is 1. The summed E-state index contributed by atoms with van der Waals surface area (Å²) in [6, 6.07) is 9.63. The maximum Gasteiger partial charge on any atom is 0.411 e. The quantitative estimate of drug-likeness (QED) is 0.795. The fourth-order valence-electron chi connectivity index (χ4n) is 3.07. The van der Waals surface area contributed by atoms with Crippen LogP contribution in [0.2, 0.25) is 0 Å². The molecule has 0 aliphatic carbocycles. The zero-order valence-corrected chi connectivity index (χ0v) is 15.0. The highest BCUT2D eigenvalue weighted by Crippen LogP contribution is 2.28. The minimum absolute atomic E-state index is 0.343. The summed E-state index contributed by atoms with van der Waals surface area (Å²) in [5.41, 5.74) is 0.662. The molecule has 24 heavy (non-hydrogen) atoms. The Labute approximate surface area is 143 Å². The van der Waals surface area contributed by atoms with Gasteiger partial charge in [0.05, 0.1) is 7.11 Å². The molecule has 0 saturated carbocycles. The molecule has 2 rings (SSSR count). The van der Waals surface area contributed by atoms with Gasteiger partial charge in [0, 0.05) is 6.54 Å². The van der Waals surface area contributed by atoms with E-state index < -0.39 is 17.7 Å². The molecule has 1 saturated heterocycles. The number of rotatable bonds is 3. The van der Waals surface area contributed by atoms with Crippen molar-refractivity contribution in [1.29, 1.82) is 0 Å². The minimum Gasteiger partial charge on any atom is -0.467 e. The number of piperidine rings is 1. The first-order chi connectivity index (χ1) is 11.3. The molecule has 0 bridgehead atoms. The van der Waals surface area contributed by atoms with Crippen LogP contribution in [0.3, 0.4) is 0 Å². The van der Waals surface area contributed by atoms with Crippen molar-refractivity contribution < 1.29 is 19.1 Å². The number of hydrogen-bond donors (Lipinski definition) is 0. The molecule has 1 aromatic carbocycles. The lowest BCUT2D eigenvalue weighted by molar-refractivity contribution is -0.148. The number of carbonyl (C=O) groups is 2. The molecule has 1 aromatic rings. The third kappa shape index (κ3) is 4.98. The molecule has 1 aliphatic heterocycles. The third-order valence-corrected chi connectivity index (χ3v) is 4.18. The second-order valence-electron chi connectivity index (χ2n) is 7.29. The topological polar surface area (TPSA) is 55.8 Å². The summed E-state index contributed by atoms with van der Waals surface area (Å²) in [6.45, 7) is 5.97. The van der Waals surface area contributed by atoms with Crippen molar-refractivity contribution in [3.05, 3.63) is 35.9 Å². The fourth-order valence-corrected chi connectivity index (χ4v) is 3.07. The molecule has 2 atom stereocenters. The molecule has 0 N–H and O–H groups in total. The van der Waals surface area contributed by atoms with Crippen molar-refractivity contribution in [3.63, 3.8) is 0 Å². The van der Waals surface area contributed by atoms with E-state index in [0.717, 1.165) is 12.8 Å². The van der Waals surface area contributed by atoms with Gasteiger partial charge < -0.3 is 9.47 Å². The zero-order valence-electron chi connectivity index (χ0n) is 15.0. The lowest BCUT2D eigenvalue weighted by atomic mass is 9.86. The van der Waals surface area contributed by atoms with Gasteiger partial charge in [0.1, 0.15) is 11.6 Å². The van der Waals surface area contributed by atoms with Crippen molar-refractivity contribution in [1.82, 2.24) is 4.90 Å². The lowest BCUT2D eigenvalue weighted by Crippen LogP contribution is -2.52. The van der Waals surface area contributed by atoms with Gasteiger partial charge in [0.2, 0.25) is 0 Å². The Morgan fingerprint density at radius 3 is 2.46 bits per heavy atom. The summed E-state index contributed by atoms with van der Waals surface area (Å²) in [6.07, 6.45) is 1.90. The number of benzene rings is 1. The van der Waals surface area contributed by atoms with Crippen molar-refractivity contribution in [2.75, 3.05) is 13.7 Å². The SMILES string of the molecule is COC(=O)[C@@H]1C[C@H](Cc2ccccc2)CCN1C(=O)OC(C)(C)C. The van der Waals surface area contributed by atoms with E-state index in [1.807, 2.05) is 39.0 Å². The Kier molecular flexibility index (Phi) is 5.86. The number of esters is 1. The average molecular weight is 333 g/mol. The highest BCUT2D eigenvalue weighted by atomic mass is 16.6. The van der Waals surface area contributed by atoms with Crippen LogP contribution in [0.25, 0.3) is 0 Å². The molecule has 1 amide bonds. The van der Waals surface area contributed by atoms with Crippen LogP contribution in [0.15, 0.2) is 30.3 Å². The van der Waals surface area contributed by atoms with Gasteiger partial charge in [0.15, 0.2) is 0 Å². The van der Waals surface area contributed by atoms with Crippen molar-refractivity contribution in [2.45, 2.75) is 51.7 Å². The molecule has 132 valence electrons. The van der Waals surface area contributed by atoms with E-state index in [2.05, 4.69) is 12.1 Å². The maximum absolute atomic E-state index is 12.4. The van der Waals surface area contributed by atoms with Gasteiger partial charge in [0.25, 0.3) is 0 Å². The predicted molar refractivity (Wildman–Crippen MR) is 91.6 cm³/mol. The molecule has 5 heteroatoms. The Bertz CT molecular complexity index is 564. The largest absolute Gasteiger partial charge is 0.467 e. The Balaban J connectivity index is 2.07. The van der Waals surface area contributed by atoms with Crippen LogP contribution in [-0.4, -0.2) is 42.3 Å². The molecular weight excluding hydrogens is 306 g/mol. The summed E-state index contributed by atoms with van der Waals surface area (Å²) in [4.78, 5) is 26.1. The van der Waals surface area contributed by atoms with Gasteiger partial charge in [-0.3, -0.25) is 4.90 Å². The fraction of sp³-hybridized carbons (Fsp3) is 0.579. The van der Waals surface area contributed by atoms with Gasteiger partial charge in [-0.25, -0.2) is 9.59 Å². The second kappa shape index (κ2) is 7.69. The molecule has 1 heterocycles. The predicted octanol–water partition coefficient (Wildman–Crippen LogP) is 3.42. The first kappa shape index (κ1) is 18.3. The smallest absolute Gasteiger partial charge is 0.411 e. The van der Waals surface area contributed by atoms with Gasteiger partial charge >= 0.3 is 12.1 Å². The van der Waals surface area contributed by atoms with Gasteiger partial charge in [-0.15, -0.1) is 0 Å². The summed E-state index contributed by atoms with van der Waals surface area (Å²) in [5.74, 6) is -0.0335. The zero-order chi connectivity index (χ0) is 17.7. The number of methoxy groups -OCH3 is 1. The average Bonchev–Trinajstić information content (AvgIpc) is 2.53. The monoisotopic (exact) mass is 333 g/mol. The van der Waals surface area contributed by atoms with E-state index in [1.54, 1.807) is 0 Å². The van der Waals surface area contributed by atoms with Crippen LogP contribution in [0, 0.1) is 5.92 Å². The van der Waals surface area contributed by atoms with E-state index in [9.17, 15) is 9.59 Å². The van der Waals surface area contributed by atoms with Gasteiger partial charge in [-0.1, -0.05) is 30.3 Å². The highest BCUT2D eigenvalue weighted by molar-refractivity contribution is 5.81. The van der Waals surface area contributed by atoms with E-state index in [4.69, 9.17) is 9.47 Å². The Morgan fingerprint density at radius 1 is 1.21 bits per heavy atom. The second-order valence-corrected chi connectivity index (χ2v) is 7.29. The number of carbonyl (C=O) groups excluding carboxylic acids is 2. The first-order valence-electron chi connectivity index (χ1n) is 8.41. The lowest BCUT2D eigenvalue weighted by Gasteiger charge is -2.38. The van der Waals surface area contributed by atoms with E-state index >= 15 is 0 Å². The van der Waals surface area contributed by atoms with Crippen LogP contribution in [0.1, 0.15) is 39.2 Å². The number of hydrogen-bond acceptors (Lipinski definition) is 4. The summed E-state index contributed by atoms with van der Waals surface area (Å²) >= 11 is 0. The number of likely N-dealkylation sites (tertiary alicyclic amines) is 1. The van der Waals surface area contributed by atoms with Crippen molar-refractivity contribution >= 4 is 12.1 Å². The number of amides is 1. The van der Waals surface area contributed by atoms with Crippen LogP contribution in [-0.2, 0) is 20.7 Å². The third-order valence-electron chi connectivity index (χ3n) is 4.18. The Morgan fingerprint density at radius 2 is 1.88 bits per heavy atom. The van der Waals surface area contributed by atoms with Crippen LogP contribution in [0.4, 0.5) is 4.79 Å². The van der Waals surface area contributed by atoms with Crippen molar-refractivity contribution in [2.24, 2.45) is 5.92 Å². The standard InChI is InChI=1S/C19H27NO4/c1-19(2,3)24-18(22)20-11-10-15(13-16(20)17(21)23-4)12-14-8-6-5-7-9-14/h5-9,15-16H,10-13H2,1-4H3/t15-,16-/m0/s1. The molecular formula is C19H27NO4. The van der Waals surface area contributed by atoms with Crippen LogP contribution in [0.5, 0.6) is 0 Å². The summed E-state index contributed by atoms with van der Waals surface area (Å²) in [7, 11) is 1.36. The highest BCUT2D eigenvalue weighted by Gasteiger charge is 2.38. The molecule has 0 aromatic heterocycles. The molecule has 0 unspecified atom stereocenters. The van der Waals surface area contributed by atoms with E-state index in [0.29, 0.717) is 18.9 Å². The van der Waals surface area contributed by atoms with E-state index in [1.165, 1.54) is 17.6 Å². The molecule has 1 fully saturated rings. The van der Waals surface area contributed by atoms with Crippen molar-refractivity contribution in [3.8, 4) is 0 Å². The molecule has 5 nitrogen and oxygen atoms in total. The molecule has 1 aliphatic rings. The van der Waals surface area contributed by atoms with E-state index in [-0.39, 0.29) is 5.97 Å². The summed E-state index contributed by atoms with van der Waals surface area (Å²) in [5, 5.41) is 0. The maximum atomic E-state index is 12.4. The molecule has 0 radical (unpaired) electrons. The van der Waals surface area contributed by atoms with Gasteiger partial charge in [-0.2, -0.15) is 0 Å². The van der Waals surface area contributed by atoms with Crippen LogP contribution < -0.4 is 0 Å². The van der Waals surface area contributed by atoms with Crippen LogP contribution >= 0.6 is 0 Å². The normalized spacial score (nSPS) is 21.2. The van der Waals surface area contributed by atoms with Gasteiger partial charge in [-0.05, 0) is 51.5 Å². The molecule has 0 spiro atoms. The first-order valence-corrected chi connectivity index (χ1v) is 8.41. The Hall–Kier alpha value is -2.04. The number of ether oxygens (including phenoxy) is 2. The minimum atomic E-state index is -0.585. The summed E-state index contributed by atoms with van der Waals surface area (Å²) < 4.78 is 10.3.